The number of amides is 3. The van der Waals surface area contributed by atoms with Crippen molar-refractivity contribution in [3.8, 4) is 0 Å². The van der Waals surface area contributed by atoms with Crippen LogP contribution in [0.25, 0.3) is 0 Å². The third-order valence-corrected chi connectivity index (χ3v) is 3.24. The summed E-state index contributed by atoms with van der Waals surface area (Å²) in [5.41, 5.74) is -0.573. The highest BCUT2D eigenvalue weighted by Crippen LogP contribution is 2.44. The van der Waals surface area contributed by atoms with Crippen LogP contribution in [0.15, 0.2) is 0 Å². The van der Waals surface area contributed by atoms with E-state index >= 15 is 0 Å². The van der Waals surface area contributed by atoms with Crippen LogP contribution in [0.5, 0.6) is 0 Å². The van der Waals surface area contributed by atoms with Crippen LogP contribution in [-0.4, -0.2) is 17.5 Å². The van der Waals surface area contributed by atoms with Crippen LogP contribution < -0.4 is 10.6 Å². The van der Waals surface area contributed by atoms with Gasteiger partial charge in [-0.1, -0.05) is 13.8 Å². The van der Waals surface area contributed by atoms with E-state index in [1.165, 1.54) is 0 Å². The molecule has 0 radical (unpaired) electrons. The van der Waals surface area contributed by atoms with Crippen LogP contribution >= 0.6 is 0 Å². The highest BCUT2D eigenvalue weighted by molar-refractivity contribution is 6.07. The number of hydrogen-bond donors (Lipinski definition) is 2. The number of hydrogen-bond acceptors (Lipinski definition) is 2. The standard InChI is InChI=1S/C8H12N2O2/c1-4-3-8(5(4)2)6(11)9-7(12)10-8/h4-5H,3H2,1-2H3,(H2,9,10,11,12). The van der Waals surface area contributed by atoms with E-state index in [1.54, 1.807) is 0 Å². The second kappa shape index (κ2) is 2.00. The number of nitrogens with one attached hydrogen (secondary N) is 2. The van der Waals surface area contributed by atoms with Crippen molar-refractivity contribution in [2.75, 3.05) is 0 Å². The zero-order chi connectivity index (χ0) is 8.93. The lowest BCUT2D eigenvalue weighted by atomic mass is 9.60. The molecule has 3 atom stereocenters. The Morgan fingerprint density at radius 3 is 2.42 bits per heavy atom. The number of carbonyl (C=O) groups is 2. The lowest BCUT2D eigenvalue weighted by Gasteiger charge is -2.47. The van der Waals surface area contributed by atoms with Crippen molar-refractivity contribution in [1.29, 1.82) is 0 Å². The minimum absolute atomic E-state index is 0.155. The first-order valence-corrected chi connectivity index (χ1v) is 4.20. The lowest BCUT2D eigenvalue weighted by molar-refractivity contribution is -0.132. The minimum Gasteiger partial charge on any atom is -0.323 e. The van der Waals surface area contributed by atoms with Gasteiger partial charge < -0.3 is 5.32 Å². The third-order valence-electron chi connectivity index (χ3n) is 3.24. The molecule has 2 N–H and O–H groups in total. The van der Waals surface area contributed by atoms with Gasteiger partial charge in [0.1, 0.15) is 5.54 Å². The number of rotatable bonds is 0. The molecule has 0 aromatic heterocycles. The first-order valence-electron chi connectivity index (χ1n) is 4.20. The monoisotopic (exact) mass is 168 g/mol. The van der Waals surface area contributed by atoms with E-state index in [0.717, 1.165) is 6.42 Å². The fraction of sp³-hybridized carbons (Fsp3) is 0.750. The lowest BCUT2D eigenvalue weighted by Crippen LogP contribution is -2.62. The Hall–Kier alpha value is -1.06. The molecule has 1 aliphatic heterocycles. The summed E-state index contributed by atoms with van der Waals surface area (Å²) >= 11 is 0. The Kier molecular flexibility index (Phi) is 1.26. The summed E-state index contributed by atoms with van der Waals surface area (Å²) < 4.78 is 0. The van der Waals surface area contributed by atoms with E-state index in [1.807, 2.05) is 6.92 Å². The van der Waals surface area contributed by atoms with E-state index < -0.39 is 5.54 Å². The number of imide groups is 1. The molecule has 4 heteroatoms. The predicted octanol–water partition coefficient (Wildman–Crippen LogP) is 0.241. The van der Waals surface area contributed by atoms with Gasteiger partial charge in [-0.05, 0) is 18.3 Å². The molecule has 2 rings (SSSR count). The number of urea groups is 1. The van der Waals surface area contributed by atoms with Gasteiger partial charge in [-0.2, -0.15) is 0 Å². The SMILES string of the molecule is CC1CC2(NC(=O)NC2=O)C1C. The summed E-state index contributed by atoms with van der Waals surface area (Å²) in [5, 5.41) is 4.97. The van der Waals surface area contributed by atoms with E-state index in [9.17, 15) is 9.59 Å². The molecule has 1 heterocycles. The fourth-order valence-corrected chi connectivity index (χ4v) is 2.17. The topological polar surface area (TPSA) is 58.2 Å². The largest absolute Gasteiger partial charge is 0.323 e. The molecule has 2 fully saturated rings. The zero-order valence-corrected chi connectivity index (χ0v) is 7.18. The molecule has 0 aromatic rings. The molecule has 4 nitrogen and oxygen atoms in total. The summed E-state index contributed by atoms with van der Waals surface area (Å²) in [5.74, 6) is 0.621. The second-order valence-corrected chi connectivity index (χ2v) is 3.85. The van der Waals surface area contributed by atoms with Gasteiger partial charge in [0.2, 0.25) is 0 Å². The average molecular weight is 168 g/mol. The summed E-state index contributed by atoms with van der Waals surface area (Å²) in [4.78, 5) is 22.2. The molecule has 1 saturated carbocycles. The molecular weight excluding hydrogens is 156 g/mol. The van der Waals surface area contributed by atoms with Crippen LogP contribution in [0, 0.1) is 11.8 Å². The summed E-state index contributed by atoms with van der Waals surface area (Å²) in [6.45, 7) is 4.09. The first-order chi connectivity index (χ1) is 5.56. The van der Waals surface area contributed by atoms with Crippen LogP contribution in [0.4, 0.5) is 4.79 Å². The van der Waals surface area contributed by atoms with Gasteiger partial charge in [-0.15, -0.1) is 0 Å². The van der Waals surface area contributed by atoms with Crippen molar-refractivity contribution in [3.63, 3.8) is 0 Å². The highest BCUT2D eigenvalue weighted by Gasteiger charge is 2.59. The third kappa shape index (κ3) is 0.673. The zero-order valence-electron chi connectivity index (χ0n) is 7.18. The maximum atomic E-state index is 11.4. The van der Waals surface area contributed by atoms with Crippen LogP contribution in [0.2, 0.25) is 0 Å². The first kappa shape index (κ1) is 7.58. The van der Waals surface area contributed by atoms with Crippen LogP contribution in [0.3, 0.4) is 0 Å². The highest BCUT2D eigenvalue weighted by atomic mass is 16.2. The van der Waals surface area contributed by atoms with Crippen molar-refractivity contribution >= 4 is 11.9 Å². The van der Waals surface area contributed by atoms with Gasteiger partial charge in [0.25, 0.3) is 5.91 Å². The molecule has 0 aromatic carbocycles. The van der Waals surface area contributed by atoms with Crippen molar-refractivity contribution in [2.45, 2.75) is 25.8 Å². The van der Waals surface area contributed by atoms with E-state index in [4.69, 9.17) is 0 Å². The molecule has 1 aliphatic carbocycles. The Morgan fingerprint density at radius 1 is 1.42 bits per heavy atom. The van der Waals surface area contributed by atoms with E-state index in [0.29, 0.717) is 5.92 Å². The molecule has 3 unspecified atom stereocenters. The van der Waals surface area contributed by atoms with Crippen molar-refractivity contribution in [3.05, 3.63) is 0 Å². The quantitative estimate of drug-likeness (QED) is 0.509. The van der Waals surface area contributed by atoms with Gasteiger partial charge >= 0.3 is 6.03 Å². The Bertz CT molecular complexity index is 264. The van der Waals surface area contributed by atoms with Crippen molar-refractivity contribution < 1.29 is 9.59 Å². The predicted molar refractivity (Wildman–Crippen MR) is 42.4 cm³/mol. The van der Waals surface area contributed by atoms with Gasteiger partial charge in [-0.25, -0.2) is 4.79 Å². The maximum absolute atomic E-state index is 11.4. The Labute approximate surface area is 70.7 Å². The smallest absolute Gasteiger partial charge is 0.322 e. The molecule has 1 spiro atoms. The summed E-state index contributed by atoms with van der Waals surface area (Å²) in [6.07, 6.45) is 0.770. The molecule has 3 amide bonds. The maximum Gasteiger partial charge on any atom is 0.322 e. The molecular formula is C8H12N2O2. The van der Waals surface area contributed by atoms with Gasteiger partial charge in [0.15, 0.2) is 0 Å². The summed E-state index contributed by atoms with van der Waals surface area (Å²) in [6, 6.07) is -0.348. The molecule has 0 bridgehead atoms. The number of carbonyl (C=O) groups excluding carboxylic acids is 2. The molecule has 12 heavy (non-hydrogen) atoms. The van der Waals surface area contributed by atoms with Gasteiger partial charge in [-0.3, -0.25) is 10.1 Å². The Morgan fingerprint density at radius 2 is 2.08 bits per heavy atom. The van der Waals surface area contributed by atoms with Crippen molar-refractivity contribution in [1.82, 2.24) is 10.6 Å². The minimum atomic E-state index is -0.573. The summed E-state index contributed by atoms with van der Waals surface area (Å²) in [7, 11) is 0. The average Bonchev–Trinajstić information content (AvgIpc) is 2.29. The van der Waals surface area contributed by atoms with E-state index in [-0.39, 0.29) is 17.9 Å². The normalized spacial score (nSPS) is 45.5. The van der Waals surface area contributed by atoms with E-state index in [2.05, 4.69) is 17.6 Å². The van der Waals surface area contributed by atoms with Crippen LogP contribution in [-0.2, 0) is 4.79 Å². The van der Waals surface area contributed by atoms with Crippen molar-refractivity contribution in [2.24, 2.45) is 11.8 Å². The second-order valence-electron chi connectivity index (χ2n) is 3.85. The van der Waals surface area contributed by atoms with Gasteiger partial charge in [0.05, 0.1) is 0 Å². The van der Waals surface area contributed by atoms with Crippen LogP contribution in [0.1, 0.15) is 20.3 Å². The molecule has 1 saturated heterocycles. The molecule has 66 valence electrons. The van der Waals surface area contributed by atoms with Gasteiger partial charge in [0, 0.05) is 0 Å². The molecule has 2 aliphatic rings. The Balaban J connectivity index is 2.24. The fourth-order valence-electron chi connectivity index (χ4n) is 2.17.